The zero-order valence-corrected chi connectivity index (χ0v) is 16.6. The Morgan fingerprint density at radius 1 is 1.27 bits per heavy atom. The van der Waals surface area contributed by atoms with Crippen molar-refractivity contribution < 1.29 is 23.8 Å². The Bertz CT molecular complexity index is 732. The van der Waals surface area contributed by atoms with Gasteiger partial charge in [-0.1, -0.05) is 43.4 Å². The number of nitrogens with zero attached hydrogens (tertiary/aromatic N) is 1. The number of thiocarbonyl (C=S) groups is 1. The van der Waals surface area contributed by atoms with E-state index < -0.39 is 5.97 Å². The molecule has 1 aromatic carbocycles. The molecule has 1 fully saturated rings. The van der Waals surface area contributed by atoms with Gasteiger partial charge >= 0.3 is 5.97 Å². The Hall–Kier alpha value is -2.06. The minimum atomic E-state index is -0.456. The Morgan fingerprint density at radius 2 is 2.00 bits per heavy atom. The molecule has 8 heteroatoms. The zero-order valence-electron chi connectivity index (χ0n) is 14.9. The Kier molecular flexibility index (Phi) is 7.47. The molecule has 0 N–H and O–H groups in total. The highest BCUT2D eigenvalue weighted by atomic mass is 32.2. The van der Waals surface area contributed by atoms with Crippen molar-refractivity contribution in [1.82, 2.24) is 4.90 Å². The van der Waals surface area contributed by atoms with Crippen LogP contribution in [0.3, 0.4) is 0 Å². The Labute approximate surface area is 162 Å². The molecule has 0 saturated carbocycles. The van der Waals surface area contributed by atoms with Crippen LogP contribution >= 0.6 is 24.0 Å². The maximum atomic E-state index is 12.5. The molecule has 26 heavy (non-hydrogen) atoms. The molecule has 1 aliphatic rings. The van der Waals surface area contributed by atoms with Crippen LogP contribution in [-0.4, -0.2) is 48.5 Å². The summed E-state index contributed by atoms with van der Waals surface area (Å²) in [5.74, 6) is 0.410. The van der Waals surface area contributed by atoms with Crippen LogP contribution in [0.5, 0.6) is 11.5 Å². The number of rotatable bonds is 8. The van der Waals surface area contributed by atoms with Crippen LogP contribution < -0.4 is 9.47 Å². The number of ether oxygens (including phenoxy) is 3. The van der Waals surface area contributed by atoms with Crippen molar-refractivity contribution in [3.05, 3.63) is 28.7 Å². The van der Waals surface area contributed by atoms with Crippen molar-refractivity contribution in [3.8, 4) is 11.5 Å². The number of amides is 1. The molecule has 0 aliphatic carbocycles. The first-order chi connectivity index (χ1) is 12.5. The monoisotopic (exact) mass is 395 g/mol. The molecule has 0 atom stereocenters. The van der Waals surface area contributed by atoms with Gasteiger partial charge in [0.15, 0.2) is 11.5 Å². The number of hydrogen-bond donors (Lipinski definition) is 0. The molecule has 1 amide bonds. The number of esters is 1. The minimum Gasteiger partial charge on any atom is -0.493 e. The number of unbranched alkanes of at least 4 members (excludes halogenated alkanes) is 1. The van der Waals surface area contributed by atoms with Crippen LogP contribution in [0.2, 0.25) is 0 Å². The van der Waals surface area contributed by atoms with E-state index in [2.05, 4.69) is 0 Å². The number of benzene rings is 1. The molecule has 1 heterocycles. The third-order valence-electron chi connectivity index (χ3n) is 3.63. The van der Waals surface area contributed by atoms with Gasteiger partial charge in [-0.2, -0.15) is 0 Å². The van der Waals surface area contributed by atoms with Crippen LogP contribution in [-0.2, 0) is 14.3 Å². The topological polar surface area (TPSA) is 65.1 Å². The van der Waals surface area contributed by atoms with Gasteiger partial charge in [0.25, 0.3) is 5.91 Å². The lowest BCUT2D eigenvalue weighted by Crippen LogP contribution is -2.34. The molecule has 1 aliphatic heterocycles. The smallest absolute Gasteiger partial charge is 0.326 e. The fraction of sp³-hybridized carbons (Fsp3) is 0.389. The van der Waals surface area contributed by atoms with E-state index in [1.54, 1.807) is 32.4 Å². The molecular formula is C18H21NO5S2. The summed E-state index contributed by atoms with van der Waals surface area (Å²) in [7, 11) is 3.10. The molecule has 1 aromatic rings. The lowest BCUT2D eigenvalue weighted by Gasteiger charge is -2.13. The maximum absolute atomic E-state index is 12.5. The van der Waals surface area contributed by atoms with E-state index in [4.69, 9.17) is 26.4 Å². The highest BCUT2D eigenvalue weighted by Gasteiger charge is 2.33. The summed E-state index contributed by atoms with van der Waals surface area (Å²) in [5.41, 5.74) is 0.772. The molecule has 2 rings (SSSR count). The van der Waals surface area contributed by atoms with Crippen LogP contribution in [0.4, 0.5) is 0 Å². The molecule has 140 valence electrons. The van der Waals surface area contributed by atoms with E-state index in [-0.39, 0.29) is 12.5 Å². The van der Waals surface area contributed by atoms with Crippen molar-refractivity contribution in [2.45, 2.75) is 19.8 Å². The van der Waals surface area contributed by atoms with Gasteiger partial charge in [-0.25, -0.2) is 0 Å². The van der Waals surface area contributed by atoms with E-state index >= 15 is 0 Å². The summed E-state index contributed by atoms with van der Waals surface area (Å²) < 4.78 is 15.9. The Balaban J connectivity index is 2.10. The summed E-state index contributed by atoms with van der Waals surface area (Å²) in [4.78, 5) is 26.1. The average molecular weight is 396 g/mol. The van der Waals surface area contributed by atoms with Gasteiger partial charge in [-0.3, -0.25) is 14.5 Å². The van der Waals surface area contributed by atoms with Gasteiger partial charge in [0.05, 0.1) is 25.7 Å². The van der Waals surface area contributed by atoms with Crippen LogP contribution in [0, 0.1) is 0 Å². The second-order valence-corrected chi connectivity index (χ2v) is 7.13. The molecule has 6 nitrogen and oxygen atoms in total. The largest absolute Gasteiger partial charge is 0.493 e. The van der Waals surface area contributed by atoms with Crippen LogP contribution in [0.15, 0.2) is 23.1 Å². The van der Waals surface area contributed by atoms with Crippen molar-refractivity contribution >= 4 is 46.3 Å². The SMILES string of the molecule is CCCCOC(=O)CN1C(=O)C(=Cc2ccc(OC)c(OC)c2)SC1=S. The quantitative estimate of drug-likeness (QED) is 0.290. The fourth-order valence-corrected chi connectivity index (χ4v) is 3.49. The fourth-order valence-electron chi connectivity index (χ4n) is 2.24. The van der Waals surface area contributed by atoms with Gasteiger partial charge in [-0.05, 0) is 30.2 Å². The highest BCUT2D eigenvalue weighted by Crippen LogP contribution is 2.34. The second kappa shape index (κ2) is 9.59. The molecule has 0 radical (unpaired) electrons. The molecular weight excluding hydrogens is 374 g/mol. The van der Waals surface area contributed by atoms with Crippen molar-refractivity contribution in [1.29, 1.82) is 0 Å². The lowest BCUT2D eigenvalue weighted by molar-refractivity contribution is -0.146. The lowest BCUT2D eigenvalue weighted by atomic mass is 10.2. The van der Waals surface area contributed by atoms with Crippen LogP contribution in [0.25, 0.3) is 6.08 Å². The van der Waals surface area contributed by atoms with E-state index in [1.807, 2.05) is 13.0 Å². The number of thioether (sulfide) groups is 1. The first-order valence-electron chi connectivity index (χ1n) is 8.13. The van der Waals surface area contributed by atoms with E-state index in [1.165, 1.54) is 4.90 Å². The van der Waals surface area contributed by atoms with Gasteiger partial charge in [0.1, 0.15) is 10.9 Å². The highest BCUT2D eigenvalue weighted by molar-refractivity contribution is 8.26. The standard InChI is InChI=1S/C18H21NO5S2/c1-4-5-8-24-16(20)11-19-17(21)15(26-18(19)25)10-12-6-7-13(22-2)14(9-12)23-3/h6-7,9-10H,4-5,8,11H2,1-3H3. The van der Waals surface area contributed by atoms with Crippen molar-refractivity contribution in [3.63, 3.8) is 0 Å². The van der Waals surface area contributed by atoms with Crippen LogP contribution in [0.1, 0.15) is 25.3 Å². The Morgan fingerprint density at radius 3 is 2.65 bits per heavy atom. The summed E-state index contributed by atoms with van der Waals surface area (Å²) in [6, 6.07) is 5.34. The second-order valence-electron chi connectivity index (χ2n) is 5.46. The molecule has 0 bridgehead atoms. The summed E-state index contributed by atoms with van der Waals surface area (Å²) in [5, 5.41) is 0. The first-order valence-corrected chi connectivity index (χ1v) is 9.35. The number of carbonyl (C=O) groups is 2. The van der Waals surface area contributed by atoms with E-state index in [0.29, 0.717) is 27.3 Å². The van der Waals surface area contributed by atoms with Gasteiger partial charge in [0.2, 0.25) is 0 Å². The average Bonchev–Trinajstić information content (AvgIpc) is 2.89. The predicted octanol–water partition coefficient (Wildman–Crippen LogP) is 3.25. The third kappa shape index (κ3) is 4.98. The minimum absolute atomic E-state index is 0.169. The summed E-state index contributed by atoms with van der Waals surface area (Å²) in [6.45, 7) is 2.19. The van der Waals surface area contributed by atoms with Gasteiger partial charge in [-0.15, -0.1) is 0 Å². The molecule has 0 unspecified atom stereocenters. The number of carbonyl (C=O) groups excluding carboxylic acids is 2. The number of methoxy groups -OCH3 is 2. The third-order valence-corrected chi connectivity index (χ3v) is 5.00. The zero-order chi connectivity index (χ0) is 19.1. The van der Waals surface area contributed by atoms with Crippen molar-refractivity contribution in [2.24, 2.45) is 0 Å². The normalized spacial score (nSPS) is 15.5. The van der Waals surface area contributed by atoms with E-state index in [9.17, 15) is 9.59 Å². The maximum Gasteiger partial charge on any atom is 0.326 e. The predicted molar refractivity (Wildman–Crippen MR) is 105 cm³/mol. The molecule has 0 aromatic heterocycles. The summed E-state index contributed by atoms with van der Waals surface area (Å²) >= 11 is 6.39. The van der Waals surface area contributed by atoms with Gasteiger partial charge < -0.3 is 14.2 Å². The first kappa shape index (κ1) is 20.3. The number of hydrogen-bond acceptors (Lipinski definition) is 7. The molecule has 0 spiro atoms. The summed E-state index contributed by atoms with van der Waals surface area (Å²) in [6.07, 6.45) is 3.44. The molecule has 1 saturated heterocycles. The van der Waals surface area contributed by atoms with Gasteiger partial charge in [0, 0.05) is 0 Å². The van der Waals surface area contributed by atoms with Crippen molar-refractivity contribution in [2.75, 3.05) is 27.4 Å². The van der Waals surface area contributed by atoms with E-state index in [0.717, 1.165) is 30.2 Å².